The van der Waals surface area contributed by atoms with Crippen molar-refractivity contribution in [3.63, 3.8) is 0 Å². The summed E-state index contributed by atoms with van der Waals surface area (Å²) < 4.78 is 0. The monoisotopic (exact) mass is 404 g/mol. The van der Waals surface area contributed by atoms with Crippen LogP contribution in [0.1, 0.15) is 44.9 Å². The molecule has 2 saturated heterocycles. The number of rotatable bonds is 2. The molecule has 8 heteroatoms. The van der Waals surface area contributed by atoms with Crippen LogP contribution >= 0.6 is 0 Å². The number of amides is 4. The Bertz CT molecular complexity index is 697. The molecule has 0 aromatic heterocycles. The molecule has 160 valence electrons. The Labute approximate surface area is 171 Å². The summed E-state index contributed by atoms with van der Waals surface area (Å²) >= 11 is 0. The Kier molecular flexibility index (Phi) is 4.72. The summed E-state index contributed by atoms with van der Waals surface area (Å²) in [6.07, 6.45) is 6.23. The maximum Gasteiger partial charge on any atom is 0.320 e. The lowest BCUT2D eigenvalue weighted by Crippen LogP contribution is -2.61. The summed E-state index contributed by atoms with van der Waals surface area (Å²) in [4.78, 5) is 41.1. The molecule has 3 unspecified atom stereocenters. The Hall–Kier alpha value is -1.83. The summed E-state index contributed by atoms with van der Waals surface area (Å²) in [5.74, 6) is 1.16. The van der Waals surface area contributed by atoms with E-state index in [1.807, 2.05) is 0 Å². The molecule has 0 radical (unpaired) electrons. The molecule has 6 rings (SSSR count). The zero-order chi connectivity index (χ0) is 20.2. The van der Waals surface area contributed by atoms with E-state index in [4.69, 9.17) is 0 Å². The lowest BCUT2D eigenvalue weighted by molar-refractivity contribution is -0.163. The lowest BCUT2D eigenvalue weighted by Gasteiger charge is -2.58. The fourth-order valence-corrected chi connectivity index (χ4v) is 6.88. The molecule has 4 saturated carbocycles. The highest BCUT2D eigenvalue weighted by Crippen LogP contribution is 2.60. The standard InChI is InChI=1S/C21H32N4O4/c26-17-12-25(5-3-22-17)20(29)24-4-1-2-16(11-24)23-19(28)21-8-13-6-14(9-21)18(27)15(7-13)10-21/h13-16,18,27H,1-12H2,(H,22,26)(H,23,28)/t13?,14-,15?,16+,18?,21-/m1/s1. The van der Waals surface area contributed by atoms with Crippen molar-refractivity contribution in [1.29, 1.82) is 0 Å². The Morgan fingerprint density at radius 1 is 1.10 bits per heavy atom. The van der Waals surface area contributed by atoms with Gasteiger partial charge in [0.25, 0.3) is 0 Å². The van der Waals surface area contributed by atoms with Gasteiger partial charge in [-0.15, -0.1) is 0 Å². The van der Waals surface area contributed by atoms with E-state index >= 15 is 0 Å². The number of hydrogen-bond acceptors (Lipinski definition) is 4. The Balaban J connectivity index is 1.21. The molecule has 4 aliphatic carbocycles. The number of hydrogen-bond donors (Lipinski definition) is 3. The predicted molar refractivity (Wildman–Crippen MR) is 105 cm³/mol. The van der Waals surface area contributed by atoms with Gasteiger partial charge in [-0.25, -0.2) is 4.79 Å². The van der Waals surface area contributed by atoms with Gasteiger partial charge in [-0.1, -0.05) is 0 Å². The van der Waals surface area contributed by atoms with Crippen LogP contribution in [0.2, 0.25) is 0 Å². The molecule has 6 atom stereocenters. The van der Waals surface area contributed by atoms with E-state index in [-0.39, 0.29) is 53.8 Å². The first-order valence-electron chi connectivity index (χ1n) is 11.2. The number of nitrogens with one attached hydrogen (secondary N) is 2. The number of carbonyl (C=O) groups is 3. The molecule has 0 aromatic rings. The third kappa shape index (κ3) is 3.39. The third-order valence-electron chi connectivity index (χ3n) is 8.04. The molecule has 3 N–H and O–H groups in total. The molecule has 2 aliphatic heterocycles. The van der Waals surface area contributed by atoms with Gasteiger partial charge in [0.05, 0.1) is 11.5 Å². The van der Waals surface area contributed by atoms with E-state index in [0.29, 0.717) is 32.1 Å². The van der Waals surface area contributed by atoms with Crippen molar-refractivity contribution in [2.45, 2.75) is 57.1 Å². The van der Waals surface area contributed by atoms with Crippen molar-refractivity contribution in [2.75, 3.05) is 32.7 Å². The minimum absolute atomic E-state index is 0.0308. The normalized spacial score (nSPS) is 41.3. The highest BCUT2D eigenvalue weighted by Gasteiger charge is 2.58. The highest BCUT2D eigenvalue weighted by molar-refractivity contribution is 5.85. The van der Waals surface area contributed by atoms with Crippen LogP contribution in [0.5, 0.6) is 0 Å². The second-order valence-corrected chi connectivity index (χ2v) is 10.1. The molecular formula is C21H32N4O4. The average Bonchev–Trinajstić information content (AvgIpc) is 2.71. The van der Waals surface area contributed by atoms with Crippen LogP contribution < -0.4 is 10.6 Å². The van der Waals surface area contributed by atoms with Gasteiger partial charge in [0.2, 0.25) is 11.8 Å². The van der Waals surface area contributed by atoms with Crippen molar-refractivity contribution in [1.82, 2.24) is 20.4 Å². The van der Waals surface area contributed by atoms with E-state index < -0.39 is 0 Å². The smallest absolute Gasteiger partial charge is 0.320 e. The third-order valence-corrected chi connectivity index (χ3v) is 8.04. The van der Waals surface area contributed by atoms with Crippen molar-refractivity contribution in [3.05, 3.63) is 0 Å². The molecule has 4 bridgehead atoms. The van der Waals surface area contributed by atoms with E-state index in [9.17, 15) is 19.5 Å². The zero-order valence-corrected chi connectivity index (χ0v) is 16.9. The van der Waals surface area contributed by atoms with Gasteiger partial charge >= 0.3 is 6.03 Å². The molecule has 8 nitrogen and oxygen atoms in total. The molecule has 0 aromatic carbocycles. The number of piperidine rings is 1. The van der Waals surface area contributed by atoms with Gasteiger partial charge in [0.1, 0.15) is 6.54 Å². The summed E-state index contributed by atoms with van der Waals surface area (Å²) in [5.41, 5.74) is -0.313. The molecule has 2 heterocycles. The zero-order valence-electron chi connectivity index (χ0n) is 16.9. The first-order chi connectivity index (χ1) is 13.9. The van der Waals surface area contributed by atoms with Crippen molar-refractivity contribution < 1.29 is 19.5 Å². The average molecular weight is 405 g/mol. The maximum absolute atomic E-state index is 13.3. The van der Waals surface area contributed by atoms with Crippen LogP contribution in [0.3, 0.4) is 0 Å². The van der Waals surface area contributed by atoms with Gasteiger partial charge in [-0.05, 0) is 62.7 Å². The van der Waals surface area contributed by atoms with Crippen molar-refractivity contribution >= 4 is 17.8 Å². The van der Waals surface area contributed by atoms with Crippen LogP contribution in [0, 0.1) is 23.2 Å². The van der Waals surface area contributed by atoms with Gasteiger partial charge in [-0.3, -0.25) is 9.59 Å². The lowest BCUT2D eigenvalue weighted by atomic mass is 9.48. The number of aliphatic hydroxyl groups is 1. The Morgan fingerprint density at radius 3 is 2.59 bits per heavy atom. The fourth-order valence-electron chi connectivity index (χ4n) is 6.88. The first-order valence-corrected chi connectivity index (χ1v) is 11.2. The summed E-state index contributed by atoms with van der Waals surface area (Å²) in [7, 11) is 0. The molecule has 6 fully saturated rings. The molecular weight excluding hydrogens is 372 g/mol. The first kappa shape index (κ1) is 19.2. The van der Waals surface area contributed by atoms with Crippen LogP contribution in [0.4, 0.5) is 4.79 Å². The van der Waals surface area contributed by atoms with Crippen LogP contribution in [0.25, 0.3) is 0 Å². The number of urea groups is 1. The van der Waals surface area contributed by atoms with Crippen molar-refractivity contribution in [2.24, 2.45) is 23.2 Å². The predicted octanol–water partition coefficient (Wildman–Crippen LogP) is 0.306. The largest absolute Gasteiger partial charge is 0.393 e. The van der Waals surface area contributed by atoms with Crippen LogP contribution in [-0.4, -0.2) is 77.6 Å². The highest BCUT2D eigenvalue weighted by atomic mass is 16.3. The number of piperazine rings is 1. The Morgan fingerprint density at radius 2 is 1.86 bits per heavy atom. The van der Waals surface area contributed by atoms with E-state index in [1.165, 1.54) is 0 Å². The molecule has 6 aliphatic rings. The van der Waals surface area contributed by atoms with E-state index in [2.05, 4.69) is 10.6 Å². The van der Waals surface area contributed by atoms with Crippen molar-refractivity contribution in [3.8, 4) is 0 Å². The van der Waals surface area contributed by atoms with Gasteiger partial charge in [-0.2, -0.15) is 0 Å². The molecule has 29 heavy (non-hydrogen) atoms. The molecule has 0 spiro atoms. The summed E-state index contributed by atoms with van der Waals surface area (Å²) in [6, 6.07) is -0.131. The minimum Gasteiger partial charge on any atom is -0.393 e. The van der Waals surface area contributed by atoms with E-state index in [1.54, 1.807) is 9.80 Å². The molecule has 4 amide bonds. The maximum atomic E-state index is 13.3. The second kappa shape index (κ2) is 7.15. The summed E-state index contributed by atoms with van der Waals surface area (Å²) in [5, 5.41) is 16.5. The van der Waals surface area contributed by atoms with Crippen LogP contribution in [0.15, 0.2) is 0 Å². The minimum atomic E-state index is -0.313. The summed E-state index contributed by atoms with van der Waals surface area (Å²) in [6.45, 7) is 2.33. The number of aliphatic hydroxyl groups excluding tert-OH is 1. The number of nitrogens with zero attached hydrogens (tertiary/aromatic N) is 2. The topological polar surface area (TPSA) is 102 Å². The second-order valence-electron chi connectivity index (χ2n) is 10.1. The SMILES string of the molecule is O=C1CN(C(=O)N2CCC[C@H](NC(=O)[C@@]34CC5CC(C3)C(O)[C@H](C5)C4)C2)CCN1. The van der Waals surface area contributed by atoms with Crippen LogP contribution in [-0.2, 0) is 9.59 Å². The fraction of sp³-hybridized carbons (Fsp3) is 0.857. The van der Waals surface area contributed by atoms with Gasteiger partial charge in [0.15, 0.2) is 0 Å². The quantitative estimate of drug-likeness (QED) is 0.616. The number of carbonyl (C=O) groups excluding carboxylic acids is 3. The van der Waals surface area contributed by atoms with Gasteiger partial charge in [0, 0.05) is 32.2 Å². The number of likely N-dealkylation sites (tertiary alicyclic amines) is 1. The van der Waals surface area contributed by atoms with Gasteiger partial charge < -0.3 is 25.5 Å². The van der Waals surface area contributed by atoms with E-state index in [0.717, 1.165) is 44.9 Å².